The van der Waals surface area contributed by atoms with Gasteiger partial charge in [-0.1, -0.05) is 24.2 Å². The summed E-state index contributed by atoms with van der Waals surface area (Å²) in [5.41, 5.74) is 2.40. The van der Waals surface area contributed by atoms with E-state index in [2.05, 4.69) is 34.0 Å². The van der Waals surface area contributed by atoms with Crippen LogP contribution in [0.4, 0.5) is 0 Å². The molecule has 2 aromatic rings. The summed E-state index contributed by atoms with van der Waals surface area (Å²) in [7, 11) is 0. The quantitative estimate of drug-likeness (QED) is 0.810. The highest BCUT2D eigenvalue weighted by Gasteiger charge is 2.32. The van der Waals surface area contributed by atoms with Gasteiger partial charge in [0.15, 0.2) is 0 Å². The molecule has 6 heteroatoms. The zero-order valence-electron chi connectivity index (χ0n) is 15.2. The van der Waals surface area contributed by atoms with Crippen LogP contribution in [0.25, 0.3) is 0 Å². The number of aryl methyl sites for hydroxylation is 2. The smallest absolute Gasteiger partial charge is 0.138 e. The molecule has 0 spiro atoms. The van der Waals surface area contributed by atoms with E-state index in [1.807, 2.05) is 26.2 Å². The molecule has 2 atom stereocenters. The molecular formula is C18H28N4O2. The Hall–Kier alpha value is -1.66. The second kappa shape index (κ2) is 7.49. The minimum atomic E-state index is 0.544. The van der Waals surface area contributed by atoms with Crippen LogP contribution in [0.3, 0.4) is 0 Å². The highest BCUT2D eigenvalue weighted by Crippen LogP contribution is 2.25. The van der Waals surface area contributed by atoms with Crippen molar-refractivity contribution in [2.45, 2.75) is 65.7 Å². The molecule has 0 aliphatic carbocycles. The lowest BCUT2D eigenvalue weighted by Gasteiger charge is -2.46. The molecule has 3 heterocycles. The van der Waals surface area contributed by atoms with E-state index >= 15 is 0 Å². The Morgan fingerprint density at radius 3 is 1.58 bits per heavy atom. The van der Waals surface area contributed by atoms with Crippen molar-refractivity contribution in [3.63, 3.8) is 0 Å². The van der Waals surface area contributed by atoms with Gasteiger partial charge in [0.05, 0.1) is 12.4 Å². The Kier molecular flexibility index (Phi) is 5.36. The molecule has 2 aromatic heterocycles. The average molecular weight is 332 g/mol. The van der Waals surface area contributed by atoms with Gasteiger partial charge in [-0.2, -0.15) is 0 Å². The van der Waals surface area contributed by atoms with Gasteiger partial charge in [-0.25, -0.2) is 0 Å². The van der Waals surface area contributed by atoms with Crippen LogP contribution < -0.4 is 0 Å². The molecule has 0 N–H and O–H groups in total. The van der Waals surface area contributed by atoms with Gasteiger partial charge in [-0.3, -0.25) is 9.80 Å². The van der Waals surface area contributed by atoms with Crippen LogP contribution in [-0.4, -0.2) is 45.3 Å². The van der Waals surface area contributed by atoms with Crippen LogP contribution in [0.1, 0.15) is 49.3 Å². The molecular weight excluding hydrogens is 304 g/mol. The lowest BCUT2D eigenvalue weighted by molar-refractivity contribution is 0.0146. The van der Waals surface area contributed by atoms with Crippen molar-refractivity contribution in [2.75, 3.05) is 13.1 Å². The number of piperazine rings is 1. The highest BCUT2D eigenvalue weighted by atomic mass is 16.5. The summed E-state index contributed by atoms with van der Waals surface area (Å²) in [5, 5.41) is 7.84. The maximum Gasteiger partial charge on any atom is 0.138 e. The topological polar surface area (TPSA) is 58.5 Å². The monoisotopic (exact) mass is 332 g/mol. The molecule has 24 heavy (non-hydrogen) atoms. The molecule has 3 rings (SSSR count). The van der Waals surface area contributed by atoms with Gasteiger partial charge in [0.25, 0.3) is 0 Å². The van der Waals surface area contributed by atoms with Gasteiger partial charge < -0.3 is 9.05 Å². The van der Waals surface area contributed by atoms with Crippen molar-refractivity contribution in [3.05, 3.63) is 35.0 Å². The predicted octanol–water partition coefficient (Wildman–Crippen LogP) is 3.15. The summed E-state index contributed by atoms with van der Waals surface area (Å²) in [6.07, 6.45) is 5.99. The van der Waals surface area contributed by atoms with E-state index in [-0.39, 0.29) is 0 Å². The lowest BCUT2D eigenvalue weighted by atomic mass is 10.0. The maximum atomic E-state index is 5.23. The van der Waals surface area contributed by atoms with Crippen molar-refractivity contribution in [2.24, 2.45) is 0 Å². The van der Waals surface area contributed by atoms with Crippen LogP contribution in [0.15, 0.2) is 21.4 Å². The fourth-order valence-electron chi connectivity index (χ4n) is 3.61. The van der Waals surface area contributed by atoms with E-state index in [1.54, 1.807) is 0 Å². The summed E-state index contributed by atoms with van der Waals surface area (Å²) < 4.78 is 10.5. The first-order valence-corrected chi connectivity index (χ1v) is 8.90. The van der Waals surface area contributed by atoms with Gasteiger partial charge in [0, 0.05) is 49.4 Å². The second-order valence-corrected chi connectivity index (χ2v) is 6.80. The molecule has 1 aliphatic rings. The third-order valence-electron chi connectivity index (χ3n) is 5.31. The summed E-state index contributed by atoms with van der Waals surface area (Å²) in [5.74, 6) is 1.86. The van der Waals surface area contributed by atoms with E-state index in [1.165, 1.54) is 11.1 Å². The van der Waals surface area contributed by atoms with E-state index < -0.39 is 0 Å². The maximum absolute atomic E-state index is 5.23. The van der Waals surface area contributed by atoms with Gasteiger partial charge in [0.1, 0.15) is 11.5 Å². The number of hydrogen-bond donors (Lipinski definition) is 0. The molecule has 0 unspecified atom stereocenters. The average Bonchev–Trinajstić information content (AvgIpc) is 3.17. The lowest BCUT2D eigenvalue weighted by Crippen LogP contribution is -2.57. The first-order valence-electron chi connectivity index (χ1n) is 8.90. The number of rotatable bonds is 6. The third-order valence-corrected chi connectivity index (χ3v) is 5.31. The normalized spacial score (nSPS) is 23.0. The SMILES string of the molecule is CC[C@H]1CN(Cc2cnoc2C)[C@@H](CC)CN1Cc1cnoc1C. The van der Waals surface area contributed by atoms with Gasteiger partial charge in [-0.15, -0.1) is 0 Å². The largest absolute Gasteiger partial charge is 0.361 e. The van der Waals surface area contributed by atoms with Crippen LogP contribution in [-0.2, 0) is 13.1 Å². The summed E-state index contributed by atoms with van der Waals surface area (Å²) in [6.45, 7) is 12.5. The molecule has 1 saturated heterocycles. The molecule has 0 aromatic carbocycles. The predicted molar refractivity (Wildman–Crippen MR) is 91.5 cm³/mol. The van der Waals surface area contributed by atoms with Crippen LogP contribution in [0.5, 0.6) is 0 Å². The summed E-state index contributed by atoms with van der Waals surface area (Å²) in [4.78, 5) is 5.18. The fourth-order valence-corrected chi connectivity index (χ4v) is 3.61. The molecule has 0 amide bonds. The van der Waals surface area contributed by atoms with Crippen LogP contribution >= 0.6 is 0 Å². The van der Waals surface area contributed by atoms with Crippen molar-refractivity contribution in [1.82, 2.24) is 20.1 Å². The molecule has 0 saturated carbocycles. The molecule has 132 valence electrons. The third kappa shape index (κ3) is 3.54. The Balaban J connectivity index is 1.72. The van der Waals surface area contributed by atoms with E-state index in [0.717, 1.165) is 50.5 Å². The molecule has 1 aliphatic heterocycles. The molecule has 6 nitrogen and oxygen atoms in total. The van der Waals surface area contributed by atoms with Crippen molar-refractivity contribution >= 4 is 0 Å². The summed E-state index contributed by atoms with van der Waals surface area (Å²) >= 11 is 0. The minimum Gasteiger partial charge on any atom is -0.361 e. The van der Waals surface area contributed by atoms with Crippen LogP contribution in [0, 0.1) is 13.8 Å². The Labute approximate surface area is 143 Å². The first kappa shape index (κ1) is 17.2. The standard InChI is InChI=1S/C18H28N4O2/c1-5-17-11-22(10-16-8-20-24-14(16)4)18(6-2)12-21(17)9-15-7-19-23-13(15)3/h7-8,17-18H,5-6,9-12H2,1-4H3/t17-,18-/m0/s1. The Morgan fingerprint density at radius 1 is 0.875 bits per heavy atom. The van der Waals surface area contributed by atoms with E-state index in [9.17, 15) is 0 Å². The van der Waals surface area contributed by atoms with Crippen LogP contribution in [0.2, 0.25) is 0 Å². The Bertz CT molecular complexity index is 595. The number of nitrogens with zero attached hydrogens (tertiary/aromatic N) is 4. The van der Waals surface area contributed by atoms with Gasteiger partial charge in [0.2, 0.25) is 0 Å². The zero-order chi connectivity index (χ0) is 17.1. The van der Waals surface area contributed by atoms with Gasteiger partial charge >= 0.3 is 0 Å². The van der Waals surface area contributed by atoms with E-state index in [0.29, 0.717) is 12.1 Å². The molecule has 1 fully saturated rings. The van der Waals surface area contributed by atoms with Gasteiger partial charge in [-0.05, 0) is 26.7 Å². The minimum absolute atomic E-state index is 0.544. The van der Waals surface area contributed by atoms with Crippen molar-refractivity contribution < 1.29 is 9.05 Å². The number of hydrogen-bond acceptors (Lipinski definition) is 6. The number of aromatic nitrogens is 2. The van der Waals surface area contributed by atoms with Crippen molar-refractivity contribution in [3.8, 4) is 0 Å². The highest BCUT2D eigenvalue weighted by molar-refractivity contribution is 5.13. The fraction of sp³-hybridized carbons (Fsp3) is 0.667. The van der Waals surface area contributed by atoms with E-state index in [4.69, 9.17) is 9.05 Å². The Morgan fingerprint density at radius 2 is 1.29 bits per heavy atom. The molecule has 0 radical (unpaired) electrons. The van der Waals surface area contributed by atoms with Crippen molar-refractivity contribution in [1.29, 1.82) is 0 Å². The zero-order valence-corrected chi connectivity index (χ0v) is 15.2. The summed E-state index contributed by atoms with van der Waals surface area (Å²) in [6, 6.07) is 1.09. The first-order chi connectivity index (χ1) is 11.6. The molecule has 0 bridgehead atoms. The second-order valence-electron chi connectivity index (χ2n) is 6.80.